The number of amides is 1. The topological polar surface area (TPSA) is 46.3 Å². The van der Waals surface area contributed by atoms with Gasteiger partial charge in [0.1, 0.15) is 0 Å². The number of carbonyl (C=O) groups is 1. The van der Waals surface area contributed by atoms with Crippen LogP contribution in [0.15, 0.2) is 0 Å². The van der Waals surface area contributed by atoms with E-state index in [-0.39, 0.29) is 5.91 Å². The molecule has 0 aromatic carbocycles. The quantitative estimate of drug-likeness (QED) is 0.769. The first-order valence-corrected chi connectivity index (χ1v) is 6.10. The summed E-state index contributed by atoms with van der Waals surface area (Å²) in [5.41, 5.74) is 5.16. The average molecular weight is 212 g/mol. The van der Waals surface area contributed by atoms with Crippen LogP contribution in [0, 0.1) is 11.8 Å². The minimum absolute atomic E-state index is 0.181. The van der Waals surface area contributed by atoms with Crippen molar-refractivity contribution in [2.45, 2.75) is 39.5 Å². The molecule has 2 N–H and O–H groups in total. The van der Waals surface area contributed by atoms with Crippen molar-refractivity contribution < 1.29 is 4.79 Å². The first-order valence-electron chi connectivity index (χ1n) is 6.10. The van der Waals surface area contributed by atoms with Crippen molar-refractivity contribution in [3.8, 4) is 0 Å². The number of hydrogen-bond acceptors (Lipinski definition) is 2. The van der Waals surface area contributed by atoms with E-state index in [9.17, 15) is 4.79 Å². The Kier molecular flexibility index (Phi) is 5.09. The molecule has 0 aromatic heterocycles. The van der Waals surface area contributed by atoms with E-state index < -0.39 is 0 Å². The van der Waals surface area contributed by atoms with E-state index in [0.717, 1.165) is 31.5 Å². The summed E-state index contributed by atoms with van der Waals surface area (Å²) >= 11 is 0. The van der Waals surface area contributed by atoms with Crippen molar-refractivity contribution in [1.29, 1.82) is 0 Å². The lowest BCUT2D eigenvalue weighted by atomic mass is 9.89. The van der Waals surface area contributed by atoms with Crippen LogP contribution in [0.2, 0.25) is 0 Å². The van der Waals surface area contributed by atoms with Gasteiger partial charge in [0.05, 0.1) is 0 Å². The molecule has 1 fully saturated rings. The first kappa shape index (κ1) is 12.5. The van der Waals surface area contributed by atoms with E-state index in [2.05, 4.69) is 18.7 Å². The average Bonchev–Trinajstić information content (AvgIpc) is 2.39. The Morgan fingerprint density at radius 3 is 2.73 bits per heavy atom. The van der Waals surface area contributed by atoms with Crippen molar-refractivity contribution in [3.63, 3.8) is 0 Å². The molecule has 0 saturated carbocycles. The van der Waals surface area contributed by atoms with E-state index in [4.69, 9.17) is 5.73 Å². The molecule has 1 unspecified atom stereocenters. The molecule has 3 heteroatoms. The van der Waals surface area contributed by atoms with Crippen molar-refractivity contribution in [2.24, 2.45) is 17.6 Å². The van der Waals surface area contributed by atoms with Crippen molar-refractivity contribution >= 4 is 5.91 Å². The molecule has 1 heterocycles. The molecule has 0 aliphatic carbocycles. The molecule has 15 heavy (non-hydrogen) atoms. The van der Waals surface area contributed by atoms with Crippen molar-refractivity contribution in [2.75, 3.05) is 19.6 Å². The van der Waals surface area contributed by atoms with Gasteiger partial charge in [0.25, 0.3) is 0 Å². The SMILES string of the molecule is CC(C)C1CCCN(CCC(N)=O)CC1. The first-order chi connectivity index (χ1) is 7.09. The highest BCUT2D eigenvalue weighted by Gasteiger charge is 2.19. The normalized spacial score (nSPS) is 24.1. The summed E-state index contributed by atoms with van der Waals surface area (Å²) in [4.78, 5) is 13.1. The fourth-order valence-electron chi connectivity index (χ4n) is 2.34. The maximum Gasteiger partial charge on any atom is 0.218 e. The second kappa shape index (κ2) is 6.11. The fraction of sp³-hybridized carbons (Fsp3) is 0.917. The van der Waals surface area contributed by atoms with Crippen LogP contribution in [-0.2, 0) is 4.79 Å². The van der Waals surface area contributed by atoms with Gasteiger partial charge in [0.2, 0.25) is 5.91 Å². The molecule has 0 spiro atoms. The Hall–Kier alpha value is -0.570. The van der Waals surface area contributed by atoms with Crippen LogP contribution < -0.4 is 5.73 Å². The third-order valence-electron chi connectivity index (χ3n) is 3.48. The van der Waals surface area contributed by atoms with E-state index in [1.165, 1.54) is 19.3 Å². The Morgan fingerprint density at radius 2 is 2.13 bits per heavy atom. The number of rotatable bonds is 4. The van der Waals surface area contributed by atoms with Gasteiger partial charge in [-0.25, -0.2) is 0 Å². The third kappa shape index (κ3) is 4.65. The lowest BCUT2D eigenvalue weighted by molar-refractivity contribution is -0.118. The summed E-state index contributed by atoms with van der Waals surface area (Å²) in [5, 5.41) is 0. The highest BCUT2D eigenvalue weighted by molar-refractivity contribution is 5.73. The maximum absolute atomic E-state index is 10.7. The lowest BCUT2D eigenvalue weighted by Gasteiger charge is -2.20. The van der Waals surface area contributed by atoms with Gasteiger partial charge in [-0.15, -0.1) is 0 Å². The van der Waals surface area contributed by atoms with Gasteiger partial charge in [-0.05, 0) is 44.2 Å². The number of hydrogen-bond donors (Lipinski definition) is 1. The van der Waals surface area contributed by atoms with Gasteiger partial charge in [0.15, 0.2) is 0 Å². The standard InChI is InChI=1S/C12H24N2O/c1-10(2)11-4-3-7-14(8-5-11)9-6-12(13)15/h10-11H,3-9H2,1-2H3,(H2,13,15). The van der Waals surface area contributed by atoms with Crippen LogP contribution in [0.4, 0.5) is 0 Å². The van der Waals surface area contributed by atoms with Gasteiger partial charge in [-0.3, -0.25) is 4.79 Å². The van der Waals surface area contributed by atoms with E-state index in [1.54, 1.807) is 0 Å². The molecular weight excluding hydrogens is 188 g/mol. The molecule has 3 nitrogen and oxygen atoms in total. The molecule has 0 aromatic rings. The van der Waals surface area contributed by atoms with Gasteiger partial charge in [-0.1, -0.05) is 13.8 Å². The summed E-state index contributed by atoms with van der Waals surface area (Å²) in [5.74, 6) is 1.48. The molecule has 1 saturated heterocycles. The molecule has 1 aliphatic rings. The van der Waals surface area contributed by atoms with Crippen LogP contribution in [-0.4, -0.2) is 30.4 Å². The molecule has 1 aliphatic heterocycles. The lowest BCUT2D eigenvalue weighted by Crippen LogP contribution is -2.29. The summed E-state index contributed by atoms with van der Waals surface area (Å²) in [6.45, 7) is 7.74. The zero-order valence-electron chi connectivity index (χ0n) is 10.0. The molecule has 1 amide bonds. The zero-order chi connectivity index (χ0) is 11.3. The number of likely N-dealkylation sites (tertiary alicyclic amines) is 1. The van der Waals surface area contributed by atoms with E-state index in [1.807, 2.05) is 0 Å². The predicted octanol–water partition coefficient (Wildman–Crippen LogP) is 1.62. The second-order valence-electron chi connectivity index (χ2n) is 4.99. The summed E-state index contributed by atoms with van der Waals surface area (Å²) in [6, 6.07) is 0. The smallest absolute Gasteiger partial charge is 0.218 e. The van der Waals surface area contributed by atoms with Crippen molar-refractivity contribution in [1.82, 2.24) is 4.90 Å². The van der Waals surface area contributed by atoms with Gasteiger partial charge >= 0.3 is 0 Å². The van der Waals surface area contributed by atoms with Gasteiger partial charge < -0.3 is 10.6 Å². The Morgan fingerprint density at radius 1 is 1.40 bits per heavy atom. The Balaban J connectivity index is 2.29. The molecule has 0 bridgehead atoms. The number of carbonyl (C=O) groups excluding carboxylic acids is 1. The Bertz CT molecular complexity index is 204. The third-order valence-corrected chi connectivity index (χ3v) is 3.48. The van der Waals surface area contributed by atoms with Gasteiger partial charge in [-0.2, -0.15) is 0 Å². The van der Waals surface area contributed by atoms with Gasteiger partial charge in [0, 0.05) is 13.0 Å². The molecule has 0 radical (unpaired) electrons. The summed E-state index contributed by atoms with van der Waals surface area (Å²) < 4.78 is 0. The zero-order valence-corrected chi connectivity index (χ0v) is 10.0. The van der Waals surface area contributed by atoms with Crippen LogP contribution in [0.3, 0.4) is 0 Å². The minimum Gasteiger partial charge on any atom is -0.370 e. The molecular formula is C12H24N2O. The summed E-state index contributed by atoms with van der Waals surface area (Å²) in [6.07, 6.45) is 4.38. The monoisotopic (exact) mass is 212 g/mol. The minimum atomic E-state index is -0.181. The maximum atomic E-state index is 10.7. The van der Waals surface area contributed by atoms with Crippen LogP contribution in [0.25, 0.3) is 0 Å². The summed E-state index contributed by atoms with van der Waals surface area (Å²) in [7, 11) is 0. The molecule has 1 rings (SSSR count). The highest BCUT2D eigenvalue weighted by Crippen LogP contribution is 2.24. The highest BCUT2D eigenvalue weighted by atomic mass is 16.1. The number of primary amides is 1. The number of nitrogens with zero attached hydrogens (tertiary/aromatic N) is 1. The fourth-order valence-corrected chi connectivity index (χ4v) is 2.34. The van der Waals surface area contributed by atoms with E-state index >= 15 is 0 Å². The number of nitrogens with two attached hydrogens (primary N) is 1. The predicted molar refractivity (Wildman–Crippen MR) is 62.4 cm³/mol. The van der Waals surface area contributed by atoms with E-state index in [0.29, 0.717) is 6.42 Å². The largest absolute Gasteiger partial charge is 0.370 e. The van der Waals surface area contributed by atoms with Crippen LogP contribution in [0.5, 0.6) is 0 Å². The molecule has 1 atom stereocenters. The molecule has 88 valence electrons. The second-order valence-corrected chi connectivity index (χ2v) is 4.99. The van der Waals surface area contributed by atoms with Crippen LogP contribution >= 0.6 is 0 Å². The van der Waals surface area contributed by atoms with Crippen molar-refractivity contribution in [3.05, 3.63) is 0 Å². The Labute approximate surface area is 93.0 Å². The van der Waals surface area contributed by atoms with Crippen LogP contribution in [0.1, 0.15) is 39.5 Å².